The van der Waals surface area contributed by atoms with E-state index in [0.717, 1.165) is 19.3 Å². The van der Waals surface area contributed by atoms with Crippen LogP contribution in [0.25, 0.3) is 0 Å². The highest BCUT2D eigenvalue weighted by molar-refractivity contribution is 5.97. The number of nitrogens with one attached hydrogen (secondary N) is 1. The van der Waals surface area contributed by atoms with Crippen molar-refractivity contribution in [3.05, 3.63) is 0 Å². The fourth-order valence-corrected chi connectivity index (χ4v) is 3.15. The molecule has 1 rings (SSSR count). The summed E-state index contributed by atoms with van der Waals surface area (Å²) in [6.45, 7) is 12.1. The minimum atomic E-state index is -0.382. The molecule has 0 radical (unpaired) electrons. The zero-order valence-corrected chi connectivity index (χ0v) is 13.1. The molecule has 1 heterocycles. The predicted molar refractivity (Wildman–Crippen MR) is 76.7 cm³/mol. The standard InChI is InChI=1S/C15H28N2O2/c1-7-15(8-2,9-3)17-11(6)13(18)16-12(10(4)5)14(17)19/h10-12H,7-9H2,1-6H3,(H,16,18). The minimum Gasteiger partial charge on any atom is -0.342 e. The highest BCUT2D eigenvalue weighted by Gasteiger charge is 2.47. The van der Waals surface area contributed by atoms with E-state index in [1.165, 1.54) is 0 Å². The number of amides is 2. The SMILES string of the molecule is CCC(CC)(CC)N1C(=O)C(C(C)C)NC(=O)C1C. The zero-order valence-electron chi connectivity index (χ0n) is 13.1. The zero-order chi connectivity index (χ0) is 14.8. The first-order valence-electron chi connectivity index (χ1n) is 7.48. The highest BCUT2D eigenvalue weighted by atomic mass is 16.2. The van der Waals surface area contributed by atoms with Crippen molar-refractivity contribution in [2.45, 2.75) is 78.4 Å². The van der Waals surface area contributed by atoms with E-state index in [-0.39, 0.29) is 35.4 Å². The van der Waals surface area contributed by atoms with Gasteiger partial charge in [-0.25, -0.2) is 0 Å². The van der Waals surface area contributed by atoms with Crippen molar-refractivity contribution in [2.75, 3.05) is 0 Å². The Bertz CT molecular complexity index is 340. The van der Waals surface area contributed by atoms with Gasteiger partial charge in [0.2, 0.25) is 11.8 Å². The second-order valence-corrected chi connectivity index (χ2v) is 5.90. The van der Waals surface area contributed by atoms with Crippen molar-refractivity contribution in [1.82, 2.24) is 10.2 Å². The number of hydrogen-bond donors (Lipinski definition) is 1. The molecule has 1 aliphatic rings. The van der Waals surface area contributed by atoms with Gasteiger partial charge in [0, 0.05) is 5.54 Å². The molecule has 110 valence electrons. The third kappa shape index (κ3) is 2.63. The van der Waals surface area contributed by atoms with Crippen LogP contribution in [0.4, 0.5) is 0 Å². The van der Waals surface area contributed by atoms with Crippen LogP contribution in [-0.4, -0.2) is 34.3 Å². The van der Waals surface area contributed by atoms with Gasteiger partial charge in [0.1, 0.15) is 12.1 Å². The molecule has 2 atom stereocenters. The summed E-state index contributed by atoms with van der Waals surface area (Å²) in [5.74, 6) is 0.167. The third-order valence-corrected chi connectivity index (χ3v) is 4.72. The van der Waals surface area contributed by atoms with E-state index in [0.29, 0.717) is 0 Å². The first-order valence-corrected chi connectivity index (χ1v) is 7.48. The maximum absolute atomic E-state index is 12.8. The van der Waals surface area contributed by atoms with Crippen molar-refractivity contribution < 1.29 is 9.59 Å². The second kappa shape index (κ2) is 5.93. The number of piperazine rings is 1. The Labute approximate surface area is 116 Å². The first-order chi connectivity index (χ1) is 8.84. The second-order valence-electron chi connectivity index (χ2n) is 5.90. The van der Waals surface area contributed by atoms with Crippen LogP contribution in [0.3, 0.4) is 0 Å². The van der Waals surface area contributed by atoms with Crippen molar-refractivity contribution in [1.29, 1.82) is 0 Å². The maximum atomic E-state index is 12.8. The molecule has 19 heavy (non-hydrogen) atoms. The van der Waals surface area contributed by atoms with E-state index in [9.17, 15) is 9.59 Å². The average molecular weight is 268 g/mol. The third-order valence-electron chi connectivity index (χ3n) is 4.72. The molecule has 1 aliphatic heterocycles. The molecule has 0 aromatic carbocycles. The molecule has 1 N–H and O–H groups in total. The van der Waals surface area contributed by atoms with E-state index in [2.05, 4.69) is 26.1 Å². The Morgan fingerprint density at radius 1 is 1.16 bits per heavy atom. The molecule has 1 fully saturated rings. The number of carbonyl (C=O) groups excluding carboxylic acids is 2. The Hall–Kier alpha value is -1.06. The fraction of sp³-hybridized carbons (Fsp3) is 0.867. The summed E-state index contributed by atoms with van der Waals surface area (Å²) in [6.07, 6.45) is 2.65. The van der Waals surface area contributed by atoms with E-state index in [1.54, 1.807) is 0 Å². The molecular weight excluding hydrogens is 240 g/mol. The molecular formula is C15H28N2O2. The van der Waals surface area contributed by atoms with Gasteiger partial charge in [-0.2, -0.15) is 0 Å². The van der Waals surface area contributed by atoms with Gasteiger partial charge < -0.3 is 10.2 Å². The van der Waals surface area contributed by atoms with Crippen molar-refractivity contribution in [3.8, 4) is 0 Å². The molecule has 2 amide bonds. The Balaban J connectivity index is 3.20. The smallest absolute Gasteiger partial charge is 0.246 e. The molecule has 1 saturated heterocycles. The molecule has 0 aliphatic carbocycles. The largest absolute Gasteiger partial charge is 0.342 e. The summed E-state index contributed by atoms with van der Waals surface area (Å²) < 4.78 is 0. The molecule has 0 bridgehead atoms. The quantitative estimate of drug-likeness (QED) is 0.832. The monoisotopic (exact) mass is 268 g/mol. The number of hydrogen-bond acceptors (Lipinski definition) is 2. The van der Waals surface area contributed by atoms with Gasteiger partial charge in [-0.15, -0.1) is 0 Å². The average Bonchev–Trinajstić information content (AvgIpc) is 2.39. The topological polar surface area (TPSA) is 49.4 Å². The van der Waals surface area contributed by atoms with E-state index >= 15 is 0 Å². The van der Waals surface area contributed by atoms with Crippen molar-refractivity contribution in [2.24, 2.45) is 5.92 Å². The van der Waals surface area contributed by atoms with Crippen molar-refractivity contribution in [3.63, 3.8) is 0 Å². The molecule has 2 unspecified atom stereocenters. The maximum Gasteiger partial charge on any atom is 0.246 e. The molecule has 4 nitrogen and oxygen atoms in total. The van der Waals surface area contributed by atoms with Crippen LogP contribution in [-0.2, 0) is 9.59 Å². The van der Waals surface area contributed by atoms with Crippen LogP contribution in [0, 0.1) is 5.92 Å². The molecule has 0 spiro atoms. The van der Waals surface area contributed by atoms with Crippen LogP contribution in [0.1, 0.15) is 60.8 Å². The van der Waals surface area contributed by atoms with Crippen molar-refractivity contribution >= 4 is 11.8 Å². The molecule has 0 saturated carbocycles. The van der Waals surface area contributed by atoms with Gasteiger partial charge in [-0.3, -0.25) is 9.59 Å². The highest BCUT2D eigenvalue weighted by Crippen LogP contribution is 2.33. The van der Waals surface area contributed by atoms with Gasteiger partial charge in [0.15, 0.2) is 0 Å². The lowest BCUT2D eigenvalue weighted by atomic mass is 9.83. The molecule has 0 aromatic heterocycles. The summed E-state index contributed by atoms with van der Waals surface area (Å²) in [5, 5.41) is 2.86. The van der Waals surface area contributed by atoms with Crippen LogP contribution >= 0.6 is 0 Å². The normalized spacial score (nSPS) is 24.9. The van der Waals surface area contributed by atoms with Gasteiger partial charge in [-0.1, -0.05) is 34.6 Å². The lowest BCUT2D eigenvalue weighted by molar-refractivity contribution is -0.158. The fourth-order valence-electron chi connectivity index (χ4n) is 3.15. The molecule has 0 aromatic rings. The summed E-state index contributed by atoms with van der Waals surface area (Å²) in [6, 6.07) is -0.755. The van der Waals surface area contributed by atoms with Gasteiger partial charge in [0.05, 0.1) is 0 Å². The van der Waals surface area contributed by atoms with E-state index in [1.807, 2.05) is 25.7 Å². The van der Waals surface area contributed by atoms with Gasteiger partial charge >= 0.3 is 0 Å². The Morgan fingerprint density at radius 3 is 2.00 bits per heavy atom. The van der Waals surface area contributed by atoms with Gasteiger partial charge in [-0.05, 0) is 32.1 Å². The summed E-state index contributed by atoms with van der Waals surface area (Å²) in [5.41, 5.74) is -0.193. The van der Waals surface area contributed by atoms with Crippen LogP contribution in [0.2, 0.25) is 0 Å². The van der Waals surface area contributed by atoms with Crippen LogP contribution in [0.5, 0.6) is 0 Å². The van der Waals surface area contributed by atoms with Crippen LogP contribution in [0.15, 0.2) is 0 Å². The summed E-state index contributed by atoms with van der Waals surface area (Å²) in [4.78, 5) is 26.8. The minimum absolute atomic E-state index is 0.0296. The van der Waals surface area contributed by atoms with Crippen LogP contribution < -0.4 is 5.32 Å². The van der Waals surface area contributed by atoms with E-state index < -0.39 is 0 Å². The summed E-state index contributed by atoms with van der Waals surface area (Å²) in [7, 11) is 0. The number of carbonyl (C=O) groups is 2. The lowest BCUT2D eigenvalue weighted by Gasteiger charge is -2.50. The number of nitrogens with zero attached hydrogens (tertiary/aromatic N) is 1. The summed E-state index contributed by atoms with van der Waals surface area (Å²) >= 11 is 0. The number of rotatable bonds is 5. The predicted octanol–water partition coefficient (Wildman–Crippen LogP) is 2.33. The first kappa shape index (κ1) is 16.0. The van der Waals surface area contributed by atoms with E-state index in [4.69, 9.17) is 0 Å². The van der Waals surface area contributed by atoms with Gasteiger partial charge in [0.25, 0.3) is 0 Å². The lowest BCUT2D eigenvalue weighted by Crippen LogP contribution is -2.69. The Kier molecular flexibility index (Phi) is 4.99. The Morgan fingerprint density at radius 2 is 1.63 bits per heavy atom. The molecule has 4 heteroatoms.